The third-order valence-corrected chi connectivity index (χ3v) is 3.18. The van der Waals surface area contributed by atoms with Crippen LogP contribution in [0.3, 0.4) is 0 Å². The fraction of sp³-hybridized carbons (Fsp3) is 0.438. The van der Waals surface area contributed by atoms with E-state index < -0.39 is 6.10 Å². The zero-order valence-electron chi connectivity index (χ0n) is 13.2. The van der Waals surface area contributed by atoms with Gasteiger partial charge >= 0.3 is 0 Å². The molecular weight excluding hydrogens is 282 g/mol. The predicted molar refractivity (Wildman–Crippen MR) is 84.6 cm³/mol. The first-order chi connectivity index (χ1) is 10.6. The molecule has 0 aliphatic carbocycles. The largest absolute Gasteiger partial charge is 0.467 e. The van der Waals surface area contributed by atoms with Crippen LogP contribution >= 0.6 is 0 Å². The number of hydrogen-bond acceptors (Lipinski definition) is 4. The molecule has 0 saturated carbocycles. The molecule has 3 N–H and O–H groups in total. The Morgan fingerprint density at radius 1 is 1.32 bits per heavy atom. The Balaban J connectivity index is 1.97. The summed E-state index contributed by atoms with van der Waals surface area (Å²) in [4.78, 5) is 4.38. The van der Waals surface area contributed by atoms with E-state index in [4.69, 9.17) is 8.83 Å². The van der Waals surface area contributed by atoms with Gasteiger partial charge in [-0.2, -0.15) is 0 Å². The van der Waals surface area contributed by atoms with Crippen molar-refractivity contribution in [2.75, 3.05) is 13.1 Å². The Kier molecular flexibility index (Phi) is 5.66. The number of nitrogens with one attached hydrogen (secondary N) is 2. The highest BCUT2D eigenvalue weighted by Crippen LogP contribution is 2.16. The quantitative estimate of drug-likeness (QED) is 0.564. The molecule has 0 radical (unpaired) electrons. The van der Waals surface area contributed by atoms with Crippen molar-refractivity contribution in [3.63, 3.8) is 0 Å². The monoisotopic (exact) mass is 305 g/mol. The van der Waals surface area contributed by atoms with E-state index in [1.54, 1.807) is 12.1 Å². The van der Waals surface area contributed by atoms with Crippen LogP contribution in [0.15, 0.2) is 44.4 Å². The molecule has 2 aromatic rings. The standard InChI is InChI=1S/C16H23N3O3/c1-4-17-16(18-10-13(20)15-6-5-9-21-15)19-12(3)14-8-7-11(2)22-14/h5-9,12-13,20H,4,10H2,1-3H3,(H2,17,18,19). The van der Waals surface area contributed by atoms with Crippen molar-refractivity contribution in [3.8, 4) is 0 Å². The van der Waals surface area contributed by atoms with Crippen LogP contribution in [-0.4, -0.2) is 24.2 Å². The third-order valence-electron chi connectivity index (χ3n) is 3.18. The molecule has 0 aliphatic rings. The van der Waals surface area contributed by atoms with Crippen LogP contribution in [0.2, 0.25) is 0 Å². The molecule has 6 nitrogen and oxygen atoms in total. The van der Waals surface area contributed by atoms with Gasteiger partial charge in [0.2, 0.25) is 0 Å². The fourth-order valence-corrected chi connectivity index (χ4v) is 2.03. The van der Waals surface area contributed by atoms with Gasteiger partial charge in [-0.1, -0.05) is 0 Å². The minimum absolute atomic E-state index is 0.0211. The molecule has 6 heteroatoms. The zero-order valence-corrected chi connectivity index (χ0v) is 13.2. The van der Waals surface area contributed by atoms with Gasteiger partial charge in [0, 0.05) is 6.54 Å². The fourth-order valence-electron chi connectivity index (χ4n) is 2.03. The summed E-state index contributed by atoms with van der Waals surface area (Å²) in [5.74, 6) is 2.84. The van der Waals surface area contributed by atoms with Crippen molar-refractivity contribution in [1.29, 1.82) is 0 Å². The molecular formula is C16H23N3O3. The summed E-state index contributed by atoms with van der Waals surface area (Å²) < 4.78 is 10.8. The Hall–Kier alpha value is -2.21. The van der Waals surface area contributed by atoms with Gasteiger partial charge in [0.1, 0.15) is 23.4 Å². The summed E-state index contributed by atoms with van der Waals surface area (Å²) in [7, 11) is 0. The number of rotatable bonds is 6. The predicted octanol–water partition coefficient (Wildman–Crippen LogP) is 2.53. The first-order valence-electron chi connectivity index (χ1n) is 7.42. The highest BCUT2D eigenvalue weighted by atomic mass is 16.4. The summed E-state index contributed by atoms with van der Waals surface area (Å²) in [5.41, 5.74) is 0. The highest BCUT2D eigenvalue weighted by Gasteiger charge is 2.13. The van der Waals surface area contributed by atoms with E-state index in [2.05, 4.69) is 15.6 Å². The minimum atomic E-state index is -0.758. The van der Waals surface area contributed by atoms with E-state index in [1.165, 1.54) is 6.26 Å². The summed E-state index contributed by atoms with van der Waals surface area (Å²) in [6, 6.07) is 7.32. The summed E-state index contributed by atoms with van der Waals surface area (Å²) >= 11 is 0. The van der Waals surface area contributed by atoms with Gasteiger partial charge in [0.15, 0.2) is 5.96 Å². The van der Waals surface area contributed by atoms with Gasteiger partial charge in [-0.25, -0.2) is 0 Å². The molecule has 0 spiro atoms. The summed E-state index contributed by atoms with van der Waals surface area (Å²) in [6.45, 7) is 6.84. The number of nitrogens with zero attached hydrogens (tertiary/aromatic N) is 1. The molecule has 120 valence electrons. The van der Waals surface area contributed by atoms with Gasteiger partial charge in [-0.05, 0) is 45.0 Å². The number of aliphatic imine (C=N–C) groups is 1. The van der Waals surface area contributed by atoms with Crippen molar-refractivity contribution >= 4 is 5.96 Å². The zero-order chi connectivity index (χ0) is 15.9. The number of aliphatic hydroxyl groups is 1. The topological polar surface area (TPSA) is 82.9 Å². The van der Waals surface area contributed by atoms with Crippen molar-refractivity contribution in [2.45, 2.75) is 32.9 Å². The number of hydrogen-bond donors (Lipinski definition) is 3. The van der Waals surface area contributed by atoms with Crippen LogP contribution < -0.4 is 10.6 Å². The van der Waals surface area contributed by atoms with Crippen molar-refractivity contribution < 1.29 is 13.9 Å². The number of aryl methyl sites for hydroxylation is 1. The average Bonchev–Trinajstić information content (AvgIpc) is 3.15. The minimum Gasteiger partial charge on any atom is -0.467 e. The lowest BCUT2D eigenvalue weighted by atomic mass is 10.2. The Morgan fingerprint density at radius 2 is 2.14 bits per heavy atom. The van der Waals surface area contributed by atoms with Gasteiger partial charge in [0.05, 0.1) is 18.8 Å². The molecule has 0 aromatic carbocycles. The molecule has 22 heavy (non-hydrogen) atoms. The van der Waals surface area contributed by atoms with Crippen LogP contribution in [0.5, 0.6) is 0 Å². The van der Waals surface area contributed by atoms with E-state index in [0.29, 0.717) is 11.7 Å². The molecule has 0 saturated heterocycles. The molecule has 0 amide bonds. The number of aliphatic hydroxyl groups excluding tert-OH is 1. The maximum atomic E-state index is 10.0. The molecule has 2 atom stereocenters. The lowest BCUT2D eigenvalue weighted by molar-refractivity contribution is 0.158. The second kappa shape index (κ2) is 7.70. The summed E-state index contributed by atoms with van der Waals surface area (Å²) in [6.07, 6.45) is 0.777. The van der Waals surface area contributed by atoms with E-state index in [9.17, 15) is 5.11 Å². The van der Waals surface area contributed by atoms with Crippen molar-refractivity contribution in [1.82, 2.24) is 10.6 Å². The van der Waals surface area contributed by atoms with E-state index >= 15 is 0 Å². The van der Waals surface area contributed by atoms with Gasteiger partial charge in [-0.15, -0.1) is 0 Å². The van der Waals surface area contributed by atoms with Crippen molar-refractivity contribution in [2.24, 2.45) is 4.99 Å². The SMILES string of the molecule is CCNC(=NCC(O)c1ccco1)NC(C)c1ccc(C)o1. The van der Waals surface area contributed by atoms with Crippen LogP contribution in [0.1, 0.15) is 43.3 Å². The molecule has 2 heterocycles. The van der Waals surface area contributed by atoms with Crippen LogP contribution in [-0.2, 0) is 0 Å². The number of furan rings is 2. The van der Waals surface area contributed by atoms with E-state index in [0.717, 1.165) is 18.1 Å². The molecule has 0 aliphatic heterocycles. The third kappa shape index (κ3) is 4.39. The Morgan fingerprint density at radius 3 is 2.73 bits per heavy atom. The maximum Gasteiger partial charge on any atom is 0.191 e. The molecule has 0 bridgehead atoms. The second-order valence-corrected chi connectivity index (χ2v) is 5.07. The van der Waals surface area contributed by atoms with Crippen LogP contribution in [0.25, 0.3) is 0 Å². The Labute approximate surface area is 130 Å². The molecule has 0 fully saturated rings. The first kappa shape index (κ1) is 16.2. The van der Waals surface area contributed by atoms with E-state index in [1.807, 2.05) is 32.9 Å². The summed E-state index contributed by atoms with van der Waals surface area (Å²) in [5, 5.41) is 16.4. The Bertz CT molecular complexity index is 590. The van der Waals surface area contributed by atoms with Gasteiger partial charge in [-0.3, -0.25) is 4.99 Å². The molecule has 2 rings (SSSR count). The smallest absolute Gasteiger partial charge is 0.191 e. The van der Waals surface area contributed by atoms with Crippen molar-refractivity contribution in [3.05, 3.63) is 47.8 Å². The average molecular weight is 305 g/mol. The maximum absolute atomic E-state index is 10.0. The second-order valence-electron chi connectivity index (χ2n) is 5.07. The molecule has 2 aromatic heterocycles. The van der Waals surface area contributed by atoms with Gasteiger partial charge < -0.3 is 24.6 Å². The highest BCUT2D eigenvalue weighted by molar-refractivity contribution is 5.80. The lowest BCUT2D eigenvalue weighted by Gasteiger charge is -2.16. The van der Waals surface area contributed by atoms with Crippen LogP contribution in [0, 0.1) is 6.92 Å². The van der Waals surface area contributed by atoms with Crippen LogP contribution in [0.4, 0.5) is 0 Å². The number of guanidine groups is 1. The molecule has 2 unspecified atom stereocenters. The van der Waals surface area contributed by atoms with E-state index in [-0.39, 0.29) is 12.6 Å². The first-order valence-corrected chi connectivity index (χ1v) is 7.42. The lowest BCUT2D eigenvalue weighted by Crippen LogP contribution is -2.39. The normalized spacial score (nSPS) is 14.6. The van der Waals surface area contributed by atoms with Gasteiger partial charge in [0.25, 0.3) is 0 Å².